The number of aromatic nitrogens is 2. The van der Waals surface area contributed by atoms with E-state index in [9.17, 15) is 0 Å². The second-order valence-electron chi connectivity index (χ2n) is 4.05. The fourth-order valence-corrected chi connectivity index (χ4v) is 1.94. The fraction of sp³-hybridized carbons (Fsp3) is 0.231. The minimum absolute atomic E-state index is 0.341. The van der Waals surface area contributed by atoms with Crippen LogP contribution in [0.15, 0.2) is 30.5 Å². The second kappa shape index (κ2) is 5.18. The van der Waals surface area contributed by atoms with Crippen LogP contribution in [-0.4, -0.2) is 21.9 Å². The highest BCUT2D eigenvalue weighted by atomic mass is 32.1. The summed E-state index contributed by atoms with van der Waals surface area (Å²) in [6.07, 6.45) is 1.95. The molecule has 1 aromatic heterocycles. The molecule has 0 aliphatic carbocycles. The molecule has 0 spiro atoms. The summed E-state index contributed by atoms with van der Waals surface area (Å²) in [6.45, 7) is 2.66. The first-order chi connectivity index (χ1) is 8.60. The Hall–Kier alpha value is -1.88. The maximum absolute atomic E-state index is 5.63. The molecular formula is C13H15N3OS. The Morgan fingerprint density at radius 2 is 2.22 bits per heavy atom. The molecule has 2 rings (SSSR count). The van der Waals surface area contributed by atoms with E-state index in [1.54, 1.807) is 7.11 Å². The Morgan fingerprint density at radius 3 is 2.78 bits per heavy atom. The number of rotatable bonds is 4. The standard InChI is InChI=1S/C13H15N3OS/c1-9-5-6-16(15-9)8-10-3-4-11(13(14)18)12(7-10)17-2/h3-7H,8H2,1-2H3,(H2,14,18). The van der Waals surface area contributed by atoms with Gasteiger partial charge in [-0.2, -0.15) is 5.10 Å². The number of aryl methyl sites for hydroxylation is 1. The minimum atomic E-state index is 0.341. The van der Waals surface area contributed by atoms with Crippen molar-refractivity contribution in [2.75, 3.05) is 7.11 Å². The number of ether oxygens (including phenoxy) is 1. The van der Waals surface area contributed by atoms with Crippen LogP contribution in [0.3, 0.4) is 0 Å². The predicted octanol–water partition coefficient (Wildman–Crippen LogP) is 1.88. The third-order valence-corrected chi connectivity index (χ3v) is 2.87. The van der Waals surface area contributed by atoms with Crippen molar-refractivity contribution in [3.8, 4) is 5.75 Å². The van der Waals surface area contributed by atoms with Crippen molar-refractivity contribution < 1.29 is 4.74 Å². The summed E-state index contributed by atoms with van der Waals surface area (Å²) in [7, 11) is 1.61. The first-order valence-corrected chi connectivity index (χ1v) is 5.98. The van der Waals surface area contributed by atoms with Gasteiger partial charge in [-0.1, -0.05) is 18.3 Å². The molecule has 0 radical (unpaired) electrons. The first kappa shape index (κ1) is 12.6. The Kier molecular flexibility index (Phi) is 3.62. The zero-order valence-electron chi connectivity index (χ0n) is 10.4. The Morgan fingerprint density at radius 1 is 1.44 bits per heavy atom. The quantitative estimate of drug-likeness (QED) is 0.854. The smallest absolute Gasteiger partial charge is 0.129 e. The van der Waals surface area contributed by atoms with Crippen LogP contribution in [0.5, 0.6) is 5.75 Å². The molecule has 5 heteroatoms. The van der Waals surface area contributed by atoms with Gasteiger partial charge >= 0.3 is 0 Å². The van der Waals surface area contributed by atoms with Crippen LogP contribution in [0.4, 0.5) is 0 Å². The zero-order valence-corrected chi connectivity index (χ0v) is 11.2. The number of hydrogen-bond donors (Lipinski definition) is 1. The van der Waals surface area contributed by atoms with E-state index in [1.807, 2.05) is 42.1 Å². The van der Waals surface area contributed by atoms with E-state index in [2.05, 4.69) is 5.10 Å². The third kappa shape index (κ3) is 2.68. The maximum Gasteiger partial charge on any atom is 0.129 e. The monoisotopic (exact) mass is 261 g/mol. The molecule has 0 unspecified atom stereocenters. The van der Waals surface area contributed by atoms with Crippen LogP contribution < -0.4 is 10.5 Å². The minimum Gasteiger partial charge on any atom is -0.496 e. The normalized spacial score (nSPS) is 10.3. The van der Waals surface area contributed by atoms with Crippen LogP contribution in [0.25, 0.3) is 0 Å². The summed E-state index contributed by atoms with van der Waals surface area (Å²) < 4.78 is 7.17. The highest BCUT2D eigenvalue weighted by Crippen LogP contribution is 2.20. The van der Waals surface area contributed by atoms with Gasteiger partial charge in [-0.3, -0.25) is 4.68 Å². The van der Waals surface area contributed by atoms with Crippen LogP contribution in [-0.2, 0) is 6.54 Å². The van der Waals surface area contributed by atoms with E-state index in [-0.39, 0.29) is 0 Å². The van der Waals surface area contributed by atoms with Crippen molar-refractivity contribution in [1.82, 2.24) is 9.78 Å². The first-order valence-electron chi connectivity index (χ1n) is 5.57. The Balaban J connectivity index is 2.27. The average Bonchev–Trinajstić information content (AvgIpc) is 2.74. The van der Waals surface area contributed by atoms with Gasteiger partial charge in [-0.25, -0.2) is 0 Å². The van der Waals surface area contributed by atoms with Gasteiger partial charge < -0.3 is 10.5 Å². The molecule has 94 valence electrons. The van der Waals surface area contributed by atoms with E-state index in [0.29, 0.717) is 17.3 Å². The van der Waals surface area contributed by atoms with Gasteiger partial charge in [0, 0.05) is 6.20 Å². The SMILES string of the molecule is COc1cc(Cn2ccc(C)n2)ccc1C(N)=S. The van der Waals surface area contributed by atoms with Gasteiger partial charge in [0.25, 0.3) is 0 Å². The van der Waals surface area contributed by atoms with Gasteiger partial charge in [0.2, 0.25) is 0 Å². The molecule has 2 aromatic rings. The van der Waals surface area contributed by atoms with E-state index < -0.39 is 0 Å². The van der Waals surface area contributed by atoms with Crippen LogP contribution in [0.1, 0.15) is 16.8 Å². The summed E-state index contributed by atoms with van der Waals surface area (Å²) in [5, 5.41) is 4.34. The summed E-state index contributed by atoms with van der Waals surface area (Å²) in [6, 6.07) is 7.77. The van der Waals surface area contributed by atoms with Gasteiger partial charge in [0.1, 0.15) is 10.7 Å². The second-order valence-corrected chi connectivity index (χ2v) is 4.49. The molecule has 0 saturated carbocycles. The molecule has 0 bridgehead atoms. The maximum atomic E-state index is 5.63. The summed E-state index contributed by atoms with van der Waals surface area (Å²) >= 11 is 4.97. The molecule has 0 atom stereocenters. The molecule has 4 nitrogen and oxygen atoms in total. The van der Waals surface area contributed by atoms with Crippen molar-refractivity contribution in [1.29, 1.82) is 0 Å². The van der Waals surface area contributed by atoms with Gasteiger partial charge in [0.15, 0.2) is 0 Å². The highest BCUT2D eigenvalue weighted by molar-refractivity contribution is 7.80. The van der Waals surface area contributed by atoms with Crippen LogP contribution in [0.2, 0.25) is 0 Å². The number of hydrogen-bond acceptors (Lipinski definition) is 3. The number of benzene rings is 1. The number of nitrogens with two attached hydrogens (primary N) is 1. The summed E-state index contributed by atoms with van der Waals surface area (Å²) in [5.41, 5.74) is 8.48. The molecular weight excluding hydrogens is 246 g/mol. The molecule has 0 amide bonds. The highest BCUT2D eigenvalue weighted by Gasteiger charge is 2.07. The summed E-state index contributed by atoms with van der Waals surface area (Å²) in [5.74, 6) is 0.698. The van der Waals surface area contributed by atoms with Crippen molar-refractivity contribution in [2.24, 2.45) is 5.73 Å². The van der Waals surface area contributed by atoms with Crippen LogP contribution in [0, 0.1) is 6.92 Å². The number of thiocarbonyl (C=S) groups is 1. The van der Waals surface area contributed by atoms with E-state index >= 15 is 0 Å². The molecule has 1 aromatic carbocycles. The molecule has 0 fully saturated rings. The van der Waals surface area contributed by atoms with E-state index in [4.69, 9.17) is 22.7 Å². The lowest BCUT2D eigenvalue weighted by Gasteiger charge is -2.09. The van der Waals surface area contributed by atoms with Crippen molar-refractivity contribution in [3.63, 3.8) is 0 Å². The Labute approximate surface area is 111 Å². The largest absolute Gasteiger partial charge is 0.496 e. The Bertz CT molecular complexity index is 577. The van der Waals surface area contributed by atoms with Gasteiger partial charge in [-0.05, 0) is 30.7 Å². The molecule has 0 saturated heterocycles. The lowest BCUT2D eigenvalue weighted by atomic mass is 10.1. The van der Waals surface area contributed by atoms with Crippen molar-refractivity contribution >= 4 is 17.2 Å². The third-order valence-electron chi connectivity index (χ3n) is 2.65. The van der Waals surface area contributed by atoms with E-state index in [1.165, 1.54) is 0 Å². The molecule has 18 heavy (non-hydrogen) atoms. The van der Waals surface area contributed by atoms with Crippen LogP contribution >= 0.6 is 12.2 Å². The fourth-order valence-electron chi connectivity index (χ4n) is 1.78. The van der Waals surface area contributed by atoms with Gasteiger partial charge in [0.05, 0.1) is 24.9 Å². The molecule has 2 N–H and O–H groups in total. The summed E-state index contributed by atoms with van der Waals surface area (Å²) in [4.78, 5) is 0.341. The number of nitrogens with zero attached hydrogens (tertiary/aromatic N) is 2. The lowest BCUT2D eigenvalue weighted by Crippen LogP contribution is -2.11. The predicted molar refractivity (Wildman–Crippen MR) is 74.9 cm³/mol. The van der Waals surface area contributed by atoms with Crippen molar-refractivity contribution in [2.45, 2.75) is 13.5 Å². The lowest BCUT2D eigenvalue weighted by molar-refractivity contribution is 0.413. The molecule has 0 aliphatic heterocycles. The molecule has 1 heterocycles. The van der Waals surface area contributed by atoms with Gasteiger partial charge in [-0.15, -0.1) is 0 Å². The molecule has 0 aliphatic rings. The van der Waals surface area contributed by atoms with Crippen molar-refractivity contribution in [3.05, 3.63) is 47.3 Å². The average molecular weight is 261 g/mol. The topological polar surface area (TPSA) is 53.1 Å². The van der Waals surface area contributed by atoms with E-state index in [0.717, 1.165) is 16.8 Å². The number of methoxy groups -OCH3 is 1. The zero-order chi connectivity index (χ0) is 13.1.